The fourth-order valence-electron chi connectivity index (χ4n) is 3.23. The molecule has 0 radical (unpaired) electrons. The minimum absolute atomic E-state index is 0.111. The van der Waals surface area contributed by atoms with Gasteiger partial charge in [0.25, 0.3) is 0 Å². The number of rotatable bonds is 7. The van der Waals surface area contributed by atoms with E-state index in [1.54, 1.807) is 11.0 Å². The van der Waals surface area contributed by atoms with E-state index in [0.717, 1.165) is 28.3 Å². The number of nitriles is 1. The van der Waals surface area contributed by atoms with E-state index in [1.165, 1.54) is 6.21 Å². The minimum atomic E-state index is -0.163. The highest BCUT2D eigenvalue weighted by Gasteiger charge is 2.26. The molecule has 1 aromatic heterocycles. The van der Waals surface area contributed by atoms with Crippen molar-refractivity contribution < 1.29 is 9.21 Å². The van der Waals surface area contributed by atoms with Crippen molar-refractivity contribution >= 4 is 17.8 Å². The van der Waals surface area contributed by atoms with Gasteiger partial charge in [0.05, 0.1) is 11.8 Å². The Balaban J connectivity index is 2.42. The van der Waals surface area contributed by atoms with Gasteiger partial charge in [-0.15, -0.1) is 0 Å². The van der Waals surface area contributed by atoms with Crippen LogP contribution in [0, 0.1) is 16.7 Å². The first-order valence-corrected chi connectivity index (χ1v) is 9.13. The van der Waals surface area contributed by atoms with Crippen LogP contribution in [0.5, 0.6) is 0 Å². The SMILES string of the molecule is C=C/C=C(\C=C/C)N(C)/C(=C(/C)C=N)c1cc2c(o1)CCN(C(=O)CC#N)C2. The maximum atomic E-state index is 12.0. The maximum absolute atomic E-state index is 12.0. The second kappa shape index (κ2) is 9.56. The van der Waals surface area contributed by atoms with Crippen LogP contribution in [0.4, 0.5) is 0 Å². The average Bonchev–Trinajstić information content (AvgIpc) is 3.10. The quantitative estimate of drug-likeness (QED) is 0.573. The zero-order valence-electron chi connectivity index (χ0n) is 16.7. The third kappa shape index (κ3) is 4.49. The predicted molar refractivity (Wildman–Crippen MR) is 110 cm³/mol. The fraction of sp³-hybridized carbons (Fsp3) is 0.318. The summed E-state index contributed by atoms with van der Waals surface area (Å²) in [5.74, 6) is 1.34. The molecule has 1 aromatic rings. The lowest BCUT2D eigenvalue weighted by atomic mass is 10.1. The molecular formula is C22H26N4O2. The van der Waals surface area contributed by atoms with Gasteiger partial charge in [-0.1, -0.05) is 18.7 Å². The van der Waals surface area contributed by atoms with Crippen molar-refractivity contribution in [3.8, 4) is 6.07 Å². The molecule has 0 unspecified atom stereocenters. The van der Waals surface area contributed by atoms with Crippen LogP contribution >= 0.6 is 0 Å². The molecule has 1 aliphatic rings. The summed E-state index contributed by atoms with van der Waals surface area (Å²) in [6, 6.07) is 3.84. The second-order valence-corrected chi connectivity index (χ2v) is 6.52. The normalized spacial score (nSPS) is 14.9. The third-order valence-corrected chi connectivity index (χ3v) is 4.62. The number of likely N-dealkylation sites (N-methyl/N-ethyl adjacent to an activating group) is 1. The Hall–Kier alpha value is -3.33. The summed E-state index contributed by atoms with van der Waals surface area (Å²) in [5.41, 5.74) is 3.39. The monoisotopic (exact) mass is 378 g/mol. The number of hydrogen-bond donors (Lipinski definition) is 1. The fourth-order valence-corrected chi connectivity index (χ4v) is 3.23. The van der Waals surface area contributed by atoms with Gasteiger partial charge in [-0.05, 0) is 37.6 Å². The van der Waals surface area contributed by atoms with E-state index >= 15 is 0 Å². The Kier molecular flexibility index (Phi) is 7.16. The number of fused-ring (bicyclic) bond motifs is 1. The minimum Gasteiger partial charge on any atom is -0.459 e. The zero-order chi connectivity index (χ0) is 20.7. The van der Waals surface area contributed by atoms with Crippen LogP contribution in [-0.4, -0.2) is 35.5 Å². The number of nitrogens with zero attached hydrogens (tertiary/aromatic N) is 3. The van der Waals surface area contributed by atoms with Crippen LogP contribution in [0.1, 0.15) is 37.4 Å². The molecule has 146 valence electrons. The van der Waals surface area contributed by atoms with Crippen molar-refractivity contribution in [3.63, 3.8) is 0 Å². The summed E-state index contributed by atoms with van der Waals surface area (Å²) < 4.78 is 6.12. The summed E-state index contributed by atoms with van der Waals surface area (Å²) in [5, 5.41) is 16.5. The van der Waals surface area contributed by atoms with Gasteiger partial charge in [0, 0.05) is 44.0 Å². The van der Waals surface area contributed by atoms with E-state index in [-0.39, 0.29) is 12.3 Å². The average molecular weight is 378 g/mol. The lowest BCUT2D eigenvalue weighted by Gasteiger charge is -2.25. The van der Waals surface area contributed by atoms with Gasteiger partial charge in [0.2, 0.25) is 5.91 Å². The van der Waals surface area contributed by atoms with Gasteiger partial charge in [0.15, 0.2) is 5.76 Å². The molecule has 6 heteroatoms. The summed E-state index contributed by atoms with van der Waals surface area (Å²) in [4.78, 5) is 15.7. The molecule has 2 rings (SSSR count). The molecule has 2 heterocycles. The molecular weight excluding hydrogens is 352 g/mol. The van der Waals surface area contributed by atoms with Gasteiger partial charge in [-0.25, -0.2) is 0 Å². The first kappa shape index (κ1) is 21.0. The third-order valence-electron chi connectivity index (χ3n) is 4.62. The highest BCUT2D eigenvalue weighted by molar-refractivity contribution is 5.88. The second-order valence-electron chi connectivity index (χ2n) is 6.52. The first-order valence-electron chi connectivity index (χ1n) is 9.13. The van der Waals surface area contributed by atoms with Crippen LogP contribution < -0.4 is 0 Å². The van der Waals surface area contributed by atoms with Gasteiger partial charge >= 0.3 is 0 Å². The Bertz CT molecular complexity index is 896. The van der Waals surface area contributed by atoms with Crippen molar-refractivity contribution in [3.05, 3.63) is 65.3 Å². The molecule has 1 amide bonds. The number of nitrogens with one attached hydrogen (secondary N) is 1. The van der Waals surface area contributed by atoms with E-state index in [9.17, 15) is 4.79 Å². The van der Waals surface area contributed by atoms with Gasteiger partial charge in [-0.2, -0.15) is 5.26 Å². The van der Waals surface area contributed by atoms with E-state index in [0.29, 0.717) is 25.3 Å². The molecule has 0 spiro atoms. The standard InChI is InChI=1S/C22H26N4O2/c1-5-7-18(8-6-2)25(4)22(16(3)14-24)20-13-17-15-26(21(27)9-11-23)12-10-19(17)28-20/h5-8,13-14,24H,1,9-10,12,15H2,2-4H3/b8-6-,18-7+,22-16-,24-14?. The Morgan fingerprint density at radius 2 is 2.29 bits per heavy atom. The largest absolute Gasteiger partial charge is 0.459 e. The van der Waals surface area contributed by atoms with Gasteiger partial charge in [-0.3, -0.25) is 4.79 Å². The van der Waals surface area contributed by atoms with Crippen LogP contribution in [0.3, 0.4) is 0 Å². The molecule has 0 aromatic carbocycles. The topological polar surface area (TPSA) is 84.3 Å². The highest BCUT2D eigenvalue weighted by Crippen LogP contribution is 2.32. The number of amides is 1. The molecule has 0 saturated carbocycles. The van der Waals surface area contributed by atoms with Crippen LogP contribution in [0.15, 0.2) is 52.6 Å². The molecule has 0 saturated heterocycles. The Morgan fingerprint density at radius 1 is 1.54 bits per heavy atom. The molecule has 1 aliphatic heterocycles. The van der Waals surface area contributed by atoms with E-state index in [2.05, 4.69) is 6.58 Å². The van der Waals surface area contributed by atoms with Crippen molar-refractivity contribution in [2.24, 2.45) is 0 Å². The number of allylic oxidation sites excluding steroid dienone is 5. The zero-order valence-corrected chi connectivity index (χ0v) is 16.7. The number of carbonyl (C=O) groups is 1. The smallest absolute Gasteiger partial charge is 0.237 e. The van der Waals surface area contributed by atoms with Crippen molar-refractivity contribution in [1.82, 2.24) is 9.80 Å². The maximum Gasteiger partial charge on any atom is 0.237 e. The molecule has 0 fully saturated rings. The molecule has 1 N–H and O–H groups in total. The molecule has 28 heavy (non-hydrogen) atoms. The molecule has 6 nitrogen and oxygen atoms in total. The predicted octanol–water partition coefficient (Wildman–Crippen LogP) is 4.04. The summed E-state index contributed by atoms with van der Waals surface area (Å²) in [6.45, 7) is 8.55. The first-order chi connectivity index (χ1) is 13.5. The van der Waals surface area contributed by atoms with Crippen molar-refractivity contribution in [1.29, 1.82) is 10.7 Å². The lowest BCUT2D eigenvalue weighted by molar-refractivity contribution is -0.131. The van der Waals surface area contributed by atoms with Crippen molar-refractivity contribution in [2.75, 3.05) is 13.6 Å². The Morgan fingerprint density at radius 3 is 2.89 bits per heavy atom. The number of hydrogen-bond acceptors (Lipinski definition) is 5. The summed E-state index contributed by atoms with van der Waals surface area (Å²) in [7, 11) is 1.92. The summed E-state index contributed by atoms with van der Waals surface area (Å²) >= 11 is 0. The van der Waals surface area contributed by atoms with E-state index < -0.39 is 0 Å². The molecule has 0 atom stereocenters. The van der Waals surface area contributed by atoms with Gasteiger partial charge < -0.3 is 19.6 Å². The summed E-state index contributed by atoms with van der Waals surface area (Å²) in [6.07, 6.45) is 9.31. The molecule has 0 aliphatic carbocycles. The van der Waals surface area contributed by atoms with Crippen LogP contribution in [-0.2, 0) is 17.8 Å². The number of furan rings is 1. The van der Waals surface area contributed by atoms with E-state index in [1.807, 2.05) is 56.2 Å². The van der Waals surface area contributed by atoms with E-state index in [4.69, 9.17) is 15.1 Å². The van der Waals surface area contributed by atoms with Crippen LogP contribution in [0.2, 0.25) is 0 Å². The van der Waals surface area contributed by atoms with Gasteiger partial charge in [0.1, 0.15) is 12.2 Å². The highest BCUT2D eigenvalue weighted by atomic mass is 16.3. The van der Waals surface area contributed by atoms with Crippen molar-refractivity contribution in [2.45, 2.75) is 33.2 Å². The Labute approximate surface area is 166 Å². The molecule has 0 bridgehead atoms. The number of carbonyl (C=O) groups excluding carboxylic acids is 1. The lowest BCUT2D eigenvalue weighted by Crippen LogP contribution is -2.35. The van der Waals surface area contributed by atoms with Crippen LogP contribution in [0.25, 0.3) is 5.70 Å².